The van der Waals surface area contributed by atoms with E-state index in [1.54, 1.807) is 6.07 Å². The van der Waals surface area contributed by atoms with Crippen LogP contribution in [0.25, 0.3) is 0 Å². The summed E-state index contributed by atoms with van der Waals surface area (Å²) >= 11 is 0. The quantitative estimate of drug-likeness (QED) is 0.351. The maximum absolute atomic E-state index is 12.4. The van der Waals surface area contributed by atoms with Crippen molar-refractivity contribution in [1.29, 1.82) is 0 Å². The van der Waals surface area contributed by atoms with Crippen LogP contribution in [0, 0.1) is 5.92 Å². The Hall–Kier alpha value is -1.04. The maximum atomic E-state index is 12.4. The second kappa shape index (κ2) is 11.6. The molecule has 150 valence electrons. The van der Waals surface area contributed by atoms with Crippen LogP contribution in [-0.4, -0.2) is 54.9 Å². The van der Waals surface area contributed by atoms with Crippen LogP contribution in [0.5, 0.6) is 0 Å². The van der Waals surface area contributed by atoms with Crippen molar-refractivity contribution in [2.75, 3.05) is 32.7 Å². The monoisotopic (exact) mass is 489 g/mol. The first kappa shape index (κ1) is 23.0. The molecule has 2 heterocycles. The first-order valence-electron chi connectivity index (χ1n) is 8.67. The van der Waals surface area contributed by atoms with E-state index >= 15 is 0 Å². The third-order valence-corrected chi connectivity index (χ3v) is 4.19. The van der Waals surface area contributed by atoms with Crippen molar-refractivity contribution in [1.82, 2.24) is 20.7 Å². The molecule has 1 aliphatic heterocycles. The Kier molecular flexibility index (Phi) is 10.3. The number of nitrogens with one attached hydrogen (secondary N) is 2. The third-order valence-electron chi connectivity index (χ3n) is 4.19. The van der Waals surface area contributed by atoms with Gasteiger partial charge >= 0.3 is 6.18 Å². The first-order valence-corrected chi connectivity index (χ1v) is 8.67. The van der Waals surface area contributed by atoms with Crippen LogP contribution >= 0.6 is 24.0 Å². The molecule has 6 nitrogen and oxygen atoms in total. The van der Waals surface area contributed by atoms with Crippen molar-refractivity contribution in [2.24, 2.45) is 10.9 Å². The van der Waals surface area contributed by atoms with Crippen molar-refractivity contribution in [3.05, 3.63) is 18.0 Å². The van der Waals surface area contributed by atoms with Gasteiger partial charge in [-0.3, -0.25) is 4.90 Å². The minimum atomic E-state index is -4.10. The number of aromatic nitrogens is 1. The van der Waals surface area contributed by atoms with Crippen LogP contribution in [0.2, 0.25) is 0 Å². The lowest BCUT2D eigenvalue weighted by Gasteiger charge is -2.32. The number of likely N-dealkylation sites (tertiary alicyclic amines) is 1. The number of guanidine groups is 1. The van der Waals surface area contributed by atoms with Crippen LogP contribution in [0.15, 0.2) is 21.8 Å². The normalized spacial score (nSPS) is 17.0. The third kappa shape index (κ3) is 9.06. The van der Waals surface area contributed by atoms with E-state index in [9.17, 15) is 13.2 Å². The molecule has 1 aromatic rings. The van der Waals surface area contributed by atoms with Crippen LogP contribution in [0.3, 0.4) is 0 Å². The Morgan fingerprint density at radius 2 is 2.08 bits per heavy atom. The largest absolute Gasteiger partial charge is 0.401 e. The average molecular weight is 489 g/mol. The van der Waals surface area contributed by atoms with E-state index in [-0.39, 0.29) is 24.0 Å². The molecule has 0 radical (unpaired) electrons. The van der Waals surface area contributed by atoms with Crippen molar-refractivity contribution >= 4 is 29.9 Å². The Morgan fingerprint density at radius 1 is 1.35 bits per heavy atom. The molecule has 0 unspecified atom stereocenters. The number of piperidine rings is 1. The predicted octanol–water partition coefficient (Wildman–Crippen LogP) is 3.01. The Morgan fingerprint density at radius 3 is 2.65 bits per heavy atom. The predicted molar refractivity (Wildman–Crippen MR) is 105 cm³/mol. The number of halogens is 4. The second-order valence-electron chi connectivity index (χ2n) is 6.24. The first-order chi connectivity index (χ1) is 12.0. The van der Waals surface area contributed by atoms with E-state index in [2.05, 4.69) is 20.8 Å². The lowest BCUT2D eigenvalue weighted by atomic mass is 9.93. The molecule has 0 spiro atoms. The molecule has 0 aliphatic carbocycles. The highest BCUT2D eigenvalue weighted by Crippen LogP contribution is 2.23. The number of hydrogen-bond acceptors (Lipinski definition) is 4. The van der Waals surface area contributed by atoms with Gasteiger partial charge in [0.1, 0.15) is 12.0 Å². The van der Waals surface area contributed by atoms with Crippen LogP contribution in [-0.2, 0) is 6.54 Å². The number of nitrogens with zero attached hydrogens (tertiary/aromatic N) is 3. The minimum Gasteiger partial charge on any atom is -0.364 e. The van der Waals surface area contributed by atoms with Crippen LogP contribution < -0.4 is 10.6 Å². The van der Waals surface area contributed by atoms with Gasteiger partial charge in [0, 0.05) is 19.2 Å². The molecule has 1 saturated heterocycles. The molecular weight excluding hydrogens is 462 g/mol. The molecule has 1 fully saturated rings. The van der Waals surface area contributed by atoms with Crippen molar-refractivity contribution in [3.8, 4) is 0 Å². The summed E-state index contributed by atoms with van der Waals surface area (Å²) in [5, 5.41) is 10.2. The summed E-state index contributed by atoms with van der Waals surface area (Å²) in [6, 6.07) is 1.77. The number of rotatable bonds is 7. The molecule has 0 aromatic carbocycles. The molecule has 1 aliphatic rings. The molecule has 2 rings (SSSR count). The summed E-state index contributed by atoms with van der Waals surface area (Å²) in [5.74, 6) is 1.16. The van der Waals surface area contributed by atoms with E-state index < -0.39 is 12.7 Å². The summed E-state index contributed by atoms with van der Waals surface area (Å²) in [4.78, 5) is 5.92. The summed E-state index contributed by atoms with van der Waals surface area (Å²) in [6.45, 7) is 4.16. The van der Waals surface area contributed by atoms with Gasteiger partial charge in [0.2, 0.25) is 0 Å². The number of alkyl halides is 3. The fourth-order valence-electron chi connectivity index (χ4n) is 2.90. The van der Waals surface area contributed by atoms with Crippen molar-refractivity contribution in [2.45, 2.75) is 38.9 Å². The van der Waals surface area contributed by atoms with Gasteiger partial charge in [-0.05, 0) is 45.2 Å². The molecule has 1 aromatic heterocycles. The molecule has 0 atom stereocenters. The SMILES string of the molecule is CCNC(=NCc1ccon1)NCCC1CCN(CC(F)(F)F)CC1.I. The van der Waals surface area contributed by atoms with Gasteiger partial charge < -0.3 is 15.2 Å². The van der Waals surface area contributed by atoms with Crippen LogP contribution in [0.4, 0.5) is 13.2 Å². The van der Waals surface area contributed by atoms with E-state index in [1.165, 1.54) is 11.2 Å². The van der Waals surface area contributed by atoms with Gasteiger partial charge in [0.05, 0.1) is 13.1 Å². The second-order valence-corrected chi connectivity index (χ2v) is 6.24. The van der Waals surface area contributed by atoms with Gasteiger partial charge in [-0.1, -0.05) is 5.16 Å². The summed E-state index contributed by atoms with van der Waals surface area (Å²) in [6.07, 6.45) is -0.0469. The Balaban J connectivity index is 0.00000338. The van der Waals surface area contributed by atoms with E-state index in [0.717, 1.165) is 38.0 Å². The zero-order chi connectivity index (χ0) is 18.1. The zero-order valence-corrected chi connectivity index (χ0v) is 17.2. The lowest BCUT2D eigenvalue weighted by Crippen LogP contribution is -2.41. The van der Waals surface area contributed by atoms with Gasteiger partial charge in [0.15, 0.2) is 5.96 Å². The lowest BCUT2D eigenvalue weighted by molar-refractivity contribution is -0.148. The fraction of sp³-hybridized carbons (Fsp3) is 0.750. The molecule has 2 N–H and O–H groups in total. The fourth-order valence-corrected chi connectivity index (χ4v) is 2.90. The Labute approximate surface area is 169 Å². The summed E-state index contributed by atoms with van der Waals surface area (Å²) in [7, 11) is 0. The summed E-state index contributed by atoms with van der Waals surface area (Å²) < 4.78 is 42.0. The van der Waals surface area contributed by atoms with Gasteiger partial charge in [-0.15, -0.1) is 24.0 Å². The zero-order valence-electron chi connectivity index (χ0n) is 14.9. The molecule has 0 amide bonds. The van der Waals surface area contributed by atoms with Crippen molar-refractivity contribution in [3.63, 3.8) is 0 Å². The molecular formula is C16H27F3IN5O. The van der Waals surface area contributed by atoms with E-state index in [0.29, 0.717) is 31.5 Å². The smallest absolute Gasteiger partial charge is 0.364 e. The number of hydrogen-bond donors (Lipinski definition) is 2. The molecule has 0 bridgehead atoms. The van der Waals surface area contributed by atoms with Crippen molar-refractivity contribution < 1.29 is 17.7 Å². The highest BCUT2D eigenvalue weighted by atomic mass is 127. The van der Waals surface area contributed by atoms with E-state index in [1.807, 2.05) is 6.92 Å². The van der Waals surface area contributed by atoms with Gasteiger partial charge in [-0.2, -0.15) is 13.2 Å². The highest BCUT2D eigenvalue weighted by Gasteiger charge is 2.32. The summed E-state index contributed by atoms with van der Waals surface area (Å²) in [5.41, 5.74) is 0.759. The molecule has 10 heteroatoms. The minimum absolute atomic E-state index is 0. The van der Waals surface area contributed by atoms with Gasteiger partial charge in [-0.25, -0.2) is 4.99 Å². The highest BCUT2D eigenvalue weighted by molar-refractivity contribution is 14.0. The van der Waals surface area contributed by atoms with Gasteiger partial charge in [0.25, 0.3) is 0 Å². The molecule has 0 saturated carbocycles. The van der Waals surface area contributed by atoms with E-state index in [4.69, 9.17) is 4.52 Å². The topological polar surface area (TPSA) is 65.7 Å². The average Bonchev–Trinajstić information content (AvgIpc) is 3.06. The maximum Gasteiger partial charge on any atom is 0.401 e. The van der Waals surface area contributed by atoms with Crippen LogP contribution in [0.1, 0.15) is 31.9 Å². The Bertz CT molecular complexity index is 516. The standard InChI is InChI=1S/C16H26F3N5O.HI/c1-2-20-15(22-11-14-6-10-25-23-14)21-7-3-13-4-8-24(9-5-13)12-16(17,18)19;/h6,10,13H,2-5,7-9,11-12H2,1H3,(H2,20,21,22);1H. The number of aliphatic imine (C=N–C) groups is 1. The molecule has 26 heavy (non-hydrogen) atoms.